The van der Waals surface area contributed by atoms with Crippen LogP contribution < -0.4 is 10.6 Å². The Hall–Kier alpha value is -4.33. The van der Waals surface area contributed by atoms with Crippen molar-refractivity contribution in [3.05, 3.63) is 84.4 Å². The SMILES string of the molecule is CN(C)c1ncc(-c2ccccc2)c(C2CCCN2C(=O)c2ccc(-c3ccc(N)nc3)nc2)n1. The lowest BCUT2D eigenvalue weighted by Gasteiger charge is -2.27. The number of rotatable bonds is 5. The Morgan fingerprint density at radius 1 is 0.943 bits per heavy atom. The van der Waals surface area contributed by atoms with E-state index in [1.165, 1.54) is 0 Å². The fourth-order valence-electron chi connectivity index (χ4n) is 4.40. The van der Waals surface area contributed by atoms with E-state index in [1.54, 1.807) is 18.5 Å². The van der Waals surface area contributed by atoms with E-state index in [9.17, 15) is 4.79 Å². The Bertz CT molecular complexity index is 1320. The van der Waals surface area contributed by atoms with Gasteiger partial charge in [0.25, 0.3) is 5.91 Å². The summed E-state index contributed by atoms with van der Waals surface area (Å²) >= 11 is 0. The number of carbonyl (C=O) groups is 1. The van der Waals surface area contributed by atoms with Crippen LogP contribution in [0.4, 0.5) is 11.8 Å². The monoisotopic (exact) mass is 465 g/mol. The number of likely N-dealkylation sites (tertiary alicyclic amines) is 1. The molecule has 8 nitrogen and oxygen atoms in total. The molecule has 176 valence electrons. The molecule has 1 aromatic carbocycles. The molecule has 4 heterocycles. The first-order chi connectivity index (χ1) is 17.0. The molecule has 1 aliphatic rings. The number of nitrogens with zero attached hydrogens (tertiary/aromatic N) is 6. The number of pyridine rings is 2. The first-order valence-electron chi connectivity index (χ1n) is 11.6. The maximum Gasteiger partial charge on any atom is 0.255 e. The van der Waals surface area contributed by atoms with Gasteiger partial charge in [-0.3, -0.25) is 9.78 Å². The zero-order chi connectivity index (χ0) is 24.4. The van der Waals surface area contributed by atoms with E-state index in [-0.39, 0.29) is 11.9 Å². The van der Waals surface area contributed by atoms with Crippen molar-refractivity contribution in [2.75, 3.05) is 31.3 Å². The van der Waals surface area contributed by atoms with E-state index in [1.807, 2.05) is 78.6 Å². The molecule has 0 saturated carbocycles. The van der Waals surface area contributed by atoms with Gasteiger partial charge in [0, 0.05) is 50.4 Å². The number of nitrogen functional groups attached to an aromatic ring is 1. The normalized spacial score (nSPS) is 15.3. The molecule has 0 spiro atoms. The molecule has 1 aliphatic heterocycles. The first-order valence-corrected chi connectivity index (χ1v) is 11.6. The Labute approximate surface area is 204 Å². The minimum Gasteiger partial charge on any atom is -0.384 e. The van der Waals surface area contributed by atoms with E-state index in [4.69, 9.17) is 10.7 Å². The zero-order valence-corrected chi connectivity index (χ0v) is 19.8. The van der Waals surface area contributed by atoms with Gasteiger partial charge < -0.3 is 15.5 Å². The number of benzene rings is 1. The highest BCUT2D eigenvalue weighted by Crippen LogP contribution is 2.38. The van der Waals surface area contributed by atoms with E-state index < -0.39 is 0 Å². The predicted octanol–water partition coefficient (Wildman–Crippen LogP) is 4.23. The highest BCUT2D eigenvalue weighted by atomic mass is 16.2. The molecular formula is C27H27N7O. The lowest BCUT2D eigenvalue weighted by atomic mass is 9.99. The Kier molecular flexibility index (Phi) is 6.10. The summed E-state index contributed by atoms with van der Waals surface area (Å²) in [7, 11) is 3.84. The summed E-state index contributed by atoms with van der Waals surface area (Å²) in [5.41, 5.74) is 10.7. The quantitative estimate of drug-likeness (QED) is 0.471. The molecule has 0 radical (unpaired) electrons. The van der Waals surface area contributed by atoms with Crippen molar-refractivity contribution in [3.8, 4) is 22.4 Å². The summed E-state index contributed by atoms with van der Waals surface area (Å²) < 4.78 is 0. The maximum atomic E-state index is 13.6. The van der Waals surface area contributed by atoms with E-state index in [0.717, 1.165) is 40.9 Å². The van der Waals surface area contributed by atoms with Gasteiger partial charge in [0.2, 0.25) is 5.95 Å². The average molecular weight is 466 g/mol. The number of hydrogen-bond acceptors (Lipinski definition) is 7. The number of hydrogen-bond donors (Lipinski definition) is 1. The molecule has 1 unspecified atom stereocenters. The van der Waals surface area contributed by atoms with Gasteiger partial charge in [-0.05, 0) is 42.7 Å². The Morgan fingerprint density at radius 2 is 1.77 bits per heavy atom. The first kappa shape index (κ1) is 22.5. The molecule has 35 heavy (non-hydrogen) atoms. The molecular weight excluding hydrogens is 438 g/mol. The van der Waals surface area contributed by atoms with Gasteiger partial charge in [0.1, 0.15) is 5.82 Å². The average Bonchev–Trinajstić information content (AvgIpc) is 3.39. The molecule has 5 rings (SSSR count). The third-order valence-electron chi connectivity index (χ3n) is 6.21. The summed E-state index contributed by atoms with van der Waals surface area (Å²) in [5, 5.41) is 0. The van der Waals surface area contributed by atoms with Crippen LogP contribution in [-0.4, -0.2) is 51.4 Å². The van der Waals surface area contributed by atoms with Crippen LogP contribution in [0, 0.1) is 0 Å². The topological polar surface area (TPSA) is 101 Å². The molecule has 3 aromatic heterocycles. The van der Waals surface area contributed by atoms with E-state index in [0.29, 0.717) is 23.9 Å². The molecule has 2 N–H and O–H groups in total. The molecule has 8 heteroatoms. The third-order valence-corrected chi connectivity index (χ3v) is 6.21. The van der Waals surface area contributed by atoms with Gasteiger partial charge in [-0.2, -0.15) is 0 Å². The predicted molar refractivity (Wildman–Crippen MR) is 137 cm³/mol. The largest absolute Gasteiger partial charge is 0.384 e. The van der Waals surface area contributed by atoms with Crippen molar-refractivity contribution in [2.24, 2.45) is 0 Å². The van der Waals surface area contributed by atoms with Crippen LogP contribution in [0.15, 0.2) is 73.2 Å². The van der Waals surface area contributed by atoms with Gasteiger partial charge in [0.05, 0.1) is 23.0 Å². The summed E-state index contributed by atoms with van der Waals surface area (Å²) in [6, 6.07) is 17.2. The van der Waals surface area contributed by atoms with Gasteiger partial charge in [-0.1, -0.05) is 30.3 Å². The second-order valence-electron chi connectivity index (χ2n) is 8.79. The maximum absolute atomic E-state index is 13.6. The number of amides is 1. The van der Waals surface area contributed by atoms with Crippen molar-refractivity contribution in [3.63, 3.8) is 0 Å². The van der Waals surface area contributed by atoms with Crippen LogP contribution in [-0.2, 0) is 0 Å². The van der Waals surface area contributed by atoms with Crippen LogP contribution >= 0.6 is 0 Å². The van der Waals surface area contributed by atoms with Crippen LogP contribution in [0.25, 0.3) is 22.4 Å². The highest BCUT2D eigenvalue weighted by molar-refractivity contribution is 5.94. The molecule has 4 aromatic rings. The number of nitrogens with two attached hydrogens (primary N) is 1. The Balaban J connectivity index is 1.47. The number of carbonyl (C=O) groups excluding carboxylic acids is 1. The van der Waals surface area contributed by atoms with Crippen LogP contribution in [0.3, 0.4) is 0 Å². The fourth-order valence-corrected chi connectivity index (χ4v) is 4.40. The number of anilines is 2. The van der Waals surface area contributed by atoms with E-state index >= 15 is 0 Å². The molecule has 1 fully saturated rings. The van der Waals surface area contributed by atoms with Crippen molar-refractivity contribution in [2.45, 2.75) is 18.9 Å². The molecule has 0 bridgehead atoms. The summed E-state index contributed by atoms with van der Waals surface area (Å²) in [5.74, 6) is 1.03. The lowest BCUT2D eigenvalue weighted by Crippen LogP contribution is -2.31. The minimum absolute atomic E-state index is 0.0500. The van der Waals surface area contributed by atoms with Gasteiger partial charge >= 0.3 is 0 Å². The Morgan fingerprint density at radius 3 is 2.46 bits per heavy atom. The van der Waals surface area contributed by atoms with Gasteiger partial charge in [-0.25, -0.2) is 15.0 Å². The van der Waals surface area contributed by atoms with Crippen LogP contribution in [0.2, 0.25) is 0 Å². The summed E-state index contributed by atoms with van der Waals surface area (Å²) in [6.07, 6.45) is 6.93. The molecule has 1 saturated heterocycles. The highest BCUT2D eigenvalue weighted by Gasteiger charge is 2.34. The van der Waals surface area contributed by atoms with Crippen molar-refractivity contribution in [1.82, 2.24) is 24.8 Å². The lowest BCUT2D eigenvalue weighted by molar-refractivity contribution is 0.0733. The van der Waals surface area contributed by atoms with E-state index in [2.05, 4.69) is 15.0 Å². The molecule has 1 amide bonds. The fraction of sp³-hybridized carbons (Fsp3) is 0.222. The molecule has 0 aliphatic carbocycles. The smallest absolute Gasteiger partial charge is 0.255 e. The standard InChI is InChI=1S/C27H27N7O/c1-33(2)27-31-17-21(18-7-4-3-5-8-18)25(32-27)23-9-6-14-34(23)26(35)20-10-12-22(29-16-20)19-11-13-24(28)30-15-19/h3-5,7-8,10-13,15-17,23H,6,9,14H2,1-2H3,(H2,28,30). The zero-order valence-electron chi connectivity index (χ0n) is 19.8. The van der Waals surface area contributed by atoms with Crippen LogP contribution in [0.5, 0.6) is 0 Å². The van der Waals surface area contributed by atoms with Crippen molar-refractivity contribution in [1.29, 1.82) is 0 Å². The number of aromatic nitrogens is 4. The van der Waals surface area contributed by atoms with Gasteiger partial charge in [0.15, 0.2) is 0 Å². The van der Waals surface area contributed by atoms with Crippen molar-refractivity contribution >= 4 is 17.7 Å². The second-order valence-corrected chi connectivity index (χ2v) is 8.79. The van der Waals surface area contributed by atoms with Crippen molar-refractivity contribution < 1.29 is 4.79 Å². The van der Waals surface area contributed by atoms with Crippen LogP contribution in [0.1, 0.15) is 34.9 Å². The summed E-state index contributed by atoms with van der Waals surface area (Å²) in [4.78, 5) is 35.5. The minimum atomic E-state index is -0.139. The summed E-state index contributed by atoms with van der Waals surface area (Å²) in [6.45, 7) is 0.669. The molecule has 1 atom stereocenters. The van der Waals surface area contributed by atoms with Gasteiger partial charge in [-0.15, -0.1) is 0 Å². The second kappa shape index (κ2) is 9.50. The third kappa shape index (κ3) is 4.55.